The SMILES string of the molecule is O=C(NC(CO)c1cccc(Cl)c1)c1cc(-c2n[nH]c3ncc(-c4ccccc4)cc23)c[nH]1. The molecular formula is C25H20ClN5O2. The van der Waals surface area contributed by atoms with Gasteiger partial charge in [-0.1, -0.05) is 54.1 Å². The van der Waals surface area contributed by atoms with Crippen LogP contribution in [0, 0.1) is 0 Å². The number of aromatic amines is 2. The summed E-state index contributed by atoms with van der Waals surface area (Å²) in [6.45, 7) is -0.252. The van der Waals surface area contributed by atoms with Crippen molar-refractivity contribution in [2.75, 3.05) is 6.61 Å². The second kappa shape index (κ2) is 8.90. The van der Waals surface area contributed by atoms with Crippen molar-refractivity contribution in [1.29, 1.82) is 0 Å². The molecule has 1 atom stereocenters. The van der Waals surface area contributed by atoms with Gasteiger partial charge in [-0.25, -0.2) is 4.98 Å². The average molecular weight is 458 g/mol. The first-order valence-corrected chi connectivity index (χ1v) is 10.8. The number of H-pyrrole nitrogens is 2. The van der Waals surface area contributed by atoms with Crippen LogP contribution in [0.1, 0.15) is 22.1 Å². The average Bonchev–Trinajstić information content (AvgIpc) is 3.50. The summed E-state index contributed by atoms with van der Waals surface area (Å²) in [5.41, 5.74) is 5.23. The Bertz CT molecular complexity index is 1430. The molecule has 2 aromatic carbocycles. The van der Waals surface area contributed by atoms with E-state index in [1.165, 1.54) is 0 Å². The van der Waals surface area contributed by atoms with Gasteiger partial charge in [0, 0.05) is 33.9 Å². The number of carbonyl (C=O) groups excluding carboxylic acids is 1. The van der Waals surface area contributed by atoms with Crippen LogP contribution < -0.4 is 5.32 Å². The summed E-state index contributed by atoms with van der Waals surface area (Å²) in [6, 6.07) is 20.2. The molecule has 7 nitrogen and oxygen atoms in total. The lowest BCUT2D eigenvalue weighted by Gasteiger charge is -2.16. The van der Waals surface area contributed by atoms with Crippen LogP contribution in [-0.4, -0.2) is 37.8 Å². The summed E-state index contributed by atoms with van der Waals surface area (Å²) < 4.78 is 0. The zero-order valence-corrected chi connectivity index (χ0v) is 18.2. The van der Waals surface area contributed by atoms with Crippen LogP contribution in [0.5, 0.6) is 0 Å². The lowest BCUT2D eigenvalue weighted by atomic mass is 10.1. The smallest absolute Gasteiger partial charge is 0.268 e. The predicted octanol–water partition coefficient (Wildman–Crippen LogP) is 4.74. The first-order chi connectivity index (χ1) is 16.1. The molecule has 5 rings (SSSR count). The van der Waals surface area contributed by atoms with Crippen molar-refractivity contribution in [1.82, 2.24) is 25.5 Å². The molecule has 1 unspecified atom stereocenters. The van der Waals surface area contributed by atoms with Crippen LogP contribution in [-0.2, 0) is 0 Å². The Morgan fingerprint density at radius 1 is 1.03 bits per heavy atom. The largest absolute Gasteiger partial charge is 0.394 e. The zero-order chi connectivity index (χ0) is 22.8. The molecule has 8 heteroatoms. The van der Waals surface area contributed by atoms with E-state index in [9.17, 15) is 9.90 Å². The third kappa shape index (κ3) is 4.24. The van der Waals surface area contributed by atoms with E-state index in [-0.39, 0.29) is 12.5 Å². The number of benzene rings is 2. The van der Waals surface area contributed by atoms with Crippen molar-refractivity contribution < 1.29 is 9.90 Å². The summed E-state index contributed by atoms with van der Waals surface area (Å²) in [5.74, 6) is -0.344. The van der Waals surface area contributed by atoms with Gasteiger partial charge in [0.2, 0.25) is 0 Å². The molecule has 0 saturated heterocycles. The lowest BCUT2D eigenvalue weighted by Crippen LogP contribution is -2.31. The topological polar surface area (TPSA) is 107 Å². The summed E-state index contributed by atoms with van der Waals surface area (Å²) in [6.07, 6.45) is 3.54. The first kappa shape index (κ1) is 20.9. The third-order valence-corrected chi connectivity index (χ3v) is 5.70. The highest BCUT2D eigenvalue weighted by atomic mass is 35.5. The summed E-state index contributed by atoms with van der Waals surface area (Å²) in [5, 5.41) is 21.4. The number of rotatable bonds is 6. The highest BCUT2D eigenvalue weighted by molar-refractivity contribution is 6.30. The van der Waals surface area contributed by atoms with Crippen LogP contribution in [0.2, 0.25) is 5.02 Å². The van der Waals surface area contributed by atoms with Gasteiger partial charge in [-0.3, -0.25) is 9.89 Å². The highest BCUT2D eigenvalue weighted by Crippen LogP contribution is 2.29. The van der Waals surface area contributed by atoms with Crippen LogP contribution in [0.3, 0.4) is 0 Å². The van der Waals surface area contributed by atoms with Gasteiger partial charge in [0.1, 0.15) is 11.4 Å². The molecule has 4 N–H and O–H groups in total. The van der Waals surface area contributed by atoms with Crippen molar-refractivity contribution >= 4 is 28.5 Å². The van der Waals surface area contributed by atoms with Crippen molar-refractivity contribution in [3.05, 3.63) is 95.4 Å². The number of aliphatic hydroxyl groups is 1. The van der Waals surface area contributed by atoms with Crippen molar-refractivity contribution in [2.24, 2.45) is 0 Å². The Kier molecular flexibility index (Phi) is 5.64. The number of aliphatic hydroxyl groups excluding tert-OH is 1. The fourth-order valence-corrected chi connectivity index (χ4v) is 3.97. The van der Waals surface area contributed by atoms with Gasteiger partial charge in [-0.2, -0.15) is 5.10 Å². The van der Waals surface area contributed by atoms with Crippen LogP contribution in [0.15, 0.2) is 79.1 Å². The van der Waals surface area contributed by atoms with E-state index in [4.69, 9.17) is 11.6 Å². The molecule has 0 aliphatic carbocycles. The fraction of sp³-hybridized carbons (Fsp3) is 0.0800. The monoisotopic (exact) mass is 457 g/mol. The molecule has 33 heavy (non-hydrogen) atoms. The number of halogens is 1. The van der Waals surface area contributed by atoms with Gasteiger partial charge in [-0.15, -0.1) is 0 Å². The molecule has 0 aliphatic rings. The molecule has 0 radical (unpaired) electrons. The second-order valence-electron chi connectivity index (χ2n) is 7.62. The Morgan fingerprint density at radius 2 is 1.88 bits per heavy atom. The van der Waals surface area contributed by atoms with Crippen molar-refractivity contribution in [3.8, 4) is 22.4 Å². The van der Waals surface area contributed by atoms with Gasteiger partial charge < -0.3 is 15.4 Å². The molecular weight excluding hydrogens is 438 g/mol. The lowest BCUT2D eigenvalue weighted by molar-refractivity contribution is 0.0912. The van der Waals surface area contributed by atoms with Crippen molar-refractivity contribution in [2.45, 2.75) is 6.04 Å². The van der Waals surface area contributed by atoms with E-state index in [2.05, 4.69) is 25.5 Å². The quantitative estimate of drug-likeness (QED) is 0.295. The van der Waals surface area contributed by atoms with E-state index in [0.717, 1.165) is 27.6 Å². The maximum Gasteiger partial charge on any atom is 0.268 e. The third-order valence-electron chi connectivity index (χ3n) is 5.46. The molecule has 0 fully saturated rings. The Balaban J connectivity index is 1.41. The number of pyridine rings is 1. The first-order valence-electron chi connectivity index (χ1n) is 10.4. The van der Waals surface area contributed by atoms with E-state index >= 15 is 0 Å². The normalized spacial score (nSPS) is 12.1. The molecule has 0 spiro atoms. The summed E-state index contributed by atoms with van der Waals surface area (Å²) in [7, 11) is 0. The molecule has 0 saturated carbocycles. The number of carbonyl (C=O) groups is 1. The summed E-state index contributed by atoms with van der Waals surface area (Å²) in [4.78, 5) is 20.3. The minimum absolute atomic E-state index is 0.252. The standard InChI is InChI=1S/C25H20ClN5O2/c26-19-8-4-7-16(9-19)22(14-32)29-25(33)21-11-18(13-27-21)23-20-10-17(12-28-24(20)31-30-23)15-5-2-1-3-6-15/h1-13,22,27,32H,14H2,(H,29,33)(H,28,30,31). The number of hydrogen-bond donors (Lipinski definition) is 4. The molecule has 0 bridgehead atoms. The predicted molar refractivity (Wildman–Crippen MR) is 128 cm³/mol. The van der Waals surface area contributed by atoms with Gasteiger partial charge >= 0.3 is 0 Å². The molecule has 0 aliphatic heterocycles. The molecule has 1 amide bonds. The number of nitrogens with zero attached hydrogens (tertiary/aromatic N) is 2. The molecule has 164 valence electrons. The highest BCUT2D eigenvalue weighted by Gasteiger charge is 2.18. The van der Waals surface area contributed by atoms with E-state index in [1.54, 1.807) is 42.7 Å². The number of hydrogen-bond acceptors (Lipinski definition) is 4. The van der Waals surface area contributed by atoms with Gasteiger partial charge in [0.15, 0.2) is 5.65 Å². The number of aromatic nitrogens is 4. The van der Waals surface area contributed by atoms with E-state index < -0.39 is 6.04 Å². The van der Waals surface area contributed by atoms with Crippen molar-refractivity contribution in [3.63, 3.8) is 0 Å². The minimum atomic E-state index is -0.577. The van der Waals surface area contributed by atoms with Gasteiger partial charge in [0.25, 0.3) is 5.91 Å². The maximum atomic E-state index is 12.8. The number of amides is 1. The fourth-order valence-electron chi connectivity index (χ4n) is 3.77. The van der Waals surface area contributed by atoms with E-state index in [0.29, 0.717) is 22.1 Å². The second-order valence-corrected chi connectivity index (χ2v) is 8.06. The van der Waals surface area contributed by atoms with E-state index in [1.807, 2.05) is 36.4 Å². The number of nitrogens with one attached hydrogen (secondary N) is 3. The number of fused-ring (bicyclic) bond motifs is 1. The molecule has 3 heterocycles. The Labute approximate surface area is 194 Å². The molecule has 5 aromatic rings. The zero-order valence-electron chi connectivity index (χ0n) is 17.4. The van der Waals surface area contributed by atoms with Gasteiger partial charge in [0.05, 0.1) is 12.6 Å². The van der Waals surface area contributed by atoms with Crippen LogP contribution in [0.4, 0.5) is 0 Å². The summed E-state index contributed by atoms with van der Waals surface area (Å²) >= 11 is 6.04. The maximum absolute atomic E-state index is 12.8. The molecule has 3 aromatic heterocycles. The minimum Gasteiger partial charge on any atom is -0.394 e. The van der Waals surface area contributed by atoms with Gasteiger partial charge in [-0.05, 0) is 35.4 Å². The Morgan fingerprint density at radius 3 is 2.67 bits per heavy atom. The Hall–Kier alpha value is -3.94. The van der Waals surface area contributed by atoms with Crippen LogP contribution in [0.25, 0.3) is 33.4 Å². The van der Waals surface area contributed by atoms with Crippen LogP contribution >= 0.6 is 11.6 Å².